The summed E-state index contributed by atoms with van der Waals surface area (Å²) in [6.07, 6.45) is 0. The van der Waals surface area contributed by atoms with Crippen LogP contribution < -0.4 is 0 Å². The fourth-order valence-electron chi connectivity index (χ4n) is 1.18. The minimum Gasteiger partial charge on any atom is -0.441 e. The molecule has 1 aromatic heterocycles. The molecule has 0 bridgehead atoms. The minimum atomic E-state index is -0.172. The predicted octanol–water partition coefficient (Wildman–Crippen LogP) is 3.93. The minimum absolute atomic E-state index is 0.172. The van der Waals surface area contributed by atoms with E-state index in [0.717, 1.165) is 4.47 Å². The van der Waals surface area contributed by atoms with Crippen LogP contribution in [-0.4, -0.2) is 5.78 Å². The summed E-state index contributed by atoms with van der Waals surface area (Å²) >= 11 is 8.89. The highest BCUT2D eigenvalue weighted by Crippen LogP contribution is 2.18. The Morgan fingerprint density at radius 3 is 2.33 bits per heavy atom. The molecule has 15 heavy (non-hydrogen) atoms. The van der Waals surface area contributed by atoms with E-state index in [4.69, 9.17) is 16.0 Å². The molecule has 2 nitrogen and oxygen atoms in total. The molecule has 0 saturated carbocycles. The quantitative estimate of drug-likeness (QED) is 0.783. The van der Waals surface area contributed by atoms with Gasteiger partial charge in [-0.2, -0.15) is 0 Å². The summed E-state index contributed by atoms with van der Waals surface area (Å²) in [5.74, 6) is 0.0803. The van der Waals surface area contributed by atoms with Crippen LogP contribution in [0.5, 0.6) is 0 Å². The summed E-state index contributed by atoms with van der Waals surface area (Å²) in [6.45, 7) is 0. The van der Waals surface area contributed by atoms with Crippen molar-refractivity contribution in [3.63, 3.8) is 0 Å². The lowest BCUT2D eigenvalue weighted by Gasteiger charge is -1.97. The Labute approximate surface area is 100.0 Å². The summed E-state index contributed by atoms with van der Waals surface area (Å²) in [7, 11) is 0. The van der Waals surface area contributed by atoms with Crippen LogP contribution in [-0.2, 0) is 0 Å². The molecular formula is C11H6BrClO2. The van der Waals surface area contributed by atoms with Gasteiger partial charge in [-0.25, -0.2) is 0 Å². The molecule has 0 atom stereocenters. The van der Waals surface area contributed by atoms with Crippen LogP contribution in [0.1, 0.15) is 16.1 Å². The van der Waals surface area contributed by atoms with Crippen LogP contribution in [0.15, 0.2) is 45.3 Å². The highest BCUT2D eigenvalue weighted by molar-refractivity contribution is 9.10. The normalized spacial score (nSPS) is 10.3. The van der Waals surface area contributed by atoms with Gasteiger partial charge in [0.1, 0.15) is 0 Å². The monoisotopic (exact) mass is 284 g/mol. The van der Waals surface area contributed by atoms with Crippen molar-refractivity contribution in [3.8, 4) is 0 Å². The molecule has 0 N–H and O–H groups in total. The van der Waals surface area contributed by atoms with E-state index in [1.54, 1.807) is 36.4 Å². The molecule has 0 saturated heterocycles. The molecule has 2 aromatic rings. The van der Waals surface area contributed by atoms with Crippen molar-refractivity contribution < 1.29 is 9.21 Å². The fraction of sp³-hybridized carbons (Fsp3) is 0. The maximum absolute atomic E-state index is 11.8. The standard InChI is InChI=1S/C11H6BrClO2/c12-8-3-1-7(2-4-8)11(14)9-5-6-10(13)15-9/h1-6H. The Balaban J connectivity index is 2.32. The molecule has 0 unspecified atom stereocenters. The summed E-state index contributed by atoms with van der Waals surface area (Å²) in [5, 5.41) is 0.218. The number of halogens is 2. The Kier molecular flexibility index (Phi) is 2.93. The van der Waals surface area contributed by atoms with Crippen LogP contribution in [0.2, 0.25) is 5.22 Å². The number of carbonyl (C=O) groups is 1. The fourth-order valence-corrected chi connectivity index (χ4v) is 1.59. The molecule has 0 fully saturated rings. The van der Waals surface area contributed by atoms with E-state index >= 15 is 0 Å². The average molecular weight is 286 g/mol. The first kappa shape index (κ1) is 10.5. The second-order valence-corrected chi connectivity index (χ2v) is 4.23. The lowest BCUT2D eigenvalue weighted by molar-refractivity contribution is 0.101. The molecule has 1 aromatic carbocycles. The first-order valence-electron chi connectivity index (χ1n) is 4.22. The van der Waals surface area contributed by atoms with E-state index in [0.29, 0.717) is 5.56 Å². The van der Waals surface area contributed by atoms with Crippen LogP contribution in [0, 0.1) is 0 Å². The van der Waals surface area contributed by atoms with Crippen molar-refractivity contribution in [3.05, 3.63) is 57.4 Å². The largest absolute Gasteiger partial charge is 0.441 e. The van der Waals surface area contributed by atoms with Crippen molar-refractivity contribution in [2.45, 2.75) is 0 Å². The molecule has 0 aliphatic heterocycles. The number of carbonyl (C=O) groups excluding carboxylic acids is 1. The molecule has 0 spiro atoms. The van der Waals surface area contributed by atoms with Gasteiger partial charge in [0.05, 0.1) is 0 Å². The number of benzene rings is 1. The van der Waals surface area contributed by atoms with Crippen LogP contribution >= 0.6 is 27.5 Å². The topological polar surface area (TPSA) is 30.2 Å². The molecule has 0 aliphatic rings. The molecular weight excluding hydrogens is 279 g/mol. The van der Waals surface area contributed by atoms with E-state index in [1.165, 1.54) is 0 Å². The van der Waals surface area contributed by atoms with Gasteiger partial charge in [-0.05, 0) is 48.0 Å². The van der Waals surface area contributed by atoms with Gasteiger partial charge >= 0.3 is 0 Å². The van der Waals surface area contributed by atoms with Gasteiger partial charge in [-0.3, -0.25) is 4.79 Å². The lowest BCUT2D eigenvalue weighted by atomic mass is 10.1. The molecule has 4 heteroatoms. The van der Waals surface area contributed by atoms with Crippen molar-refractivity contribution in [1.29, 1.82) is 0 Å². The molecule has 76 valence electrons. The van der Waals surface area contributed by atoms with Crippen LogP contribution in [0.3, 0.4) is 0 Å². The number of hydrogen-bond acceptors (Lipinski definition) is 2. The zero-order valence-electron chi connectivity index (χ0n) is 7.54. The van der Waals surface area contributed by atoms with Gasteiger partial charge in [0.15, 0.2) is 11.0 Å². The highest BCUT2D eigenvalue weighted by atomic mass is 79.9. The first-order chi connectivity index (χ1) is 7.16. The van der Waals surface area contributed by atoms with Crippen molar-refractivity contribution >= 4 is 33.3 Å². The zero-order valence-corrected chi connectivity index (χ0v) is 9.88. The summed E-state index contributed by atoms with van der Waals surface area (Å²) in [5.41, 5.74) is 0.573. The van der Waals surface area contributed by atoms with Gasteiger partial charge in [0.2, 0.25) is 5.78 Å². The SMILES string of the molecule is O=C(c1ccc(Br)cc1)c1ccc(Cl)o1. The third-order valence-electron chi connectivity index (χ3n) is 1.90. The van der Waals surface area contributed by atoms with Gasteiger partial charge in [-0.15, -0.1) is 0 Å². The van der Waals surface area contributed by atoms with Crippen LogP contribution in [0.4, 0.5) is 0 Å². The smallest absolute Gasteiger partial charge is 0.228 e. The zero-order chi connectivity index (χ0) is 10.8. The highest BCUT2D eigenvalue weighted by Gasteiger charge is 2.12. The maximum Gasteiger partial charge on any atom is 0.228 e. The van der Waals surface area contributed by atoms with Gasteiger partial charge in [-0.1, -0.05) is 15.9 Å². The average Bonchev–Trinajstić information content (AvgIpc) is 2.65. The molecule has 0 amide bonds. The van der Waals surface area contributed by atoms with E-state index in [9.17, 15) is 4.79 Å². The van der Waals surface area contributed by atoms with Crippen molar-refractivity contribution in [2.75, 3.05) is 0 Å². The number of ketones is 1. The van der Waals surface area contributed by atoms with Crippen molar-refractivity contribution in [2.24, 2.45) is 0 Å². The summed E-state index contributed by atoms with van der Waals surface area (Å²) in [4.78, 5) is 11.8. The second-order valence-electron chi connectivity index (χ2n) is 2.94. The van der Waals surface area contributed by atoms with Gasteiger partial charge in [0, 0.05) is 10.0 Å². The second kappa shape index (κ2) is 4.21. The third kappa shape index (κ3) is 2.30. The Bertz CT molecular complexity index is 488. The summed E-state index contributed by atoms with van der Waals surface area (Å²) < 4.78 is 5.96. The predicted molar refractivity (Wildman–Crippen MR) is 61.3 cm³/mol. The maximum atomic E-state index is 11.8. The van der Waals surface area contributed by atoms with Gasteiger partial charge in [0.25, 0.3) is 0 Å². The molecule has 2 rings (SSSR count). The van der Waals surface area contributed by atoms with Crippen molar-refractivity contribution in [1.82, 2.24) is 0 Å². The summed E-state index contributed by atoms with van der Waals surface area (Å²) in [6, 6.07) is 10.2. The van der Waals surface area contributed by atoms with E-state index in [1.807, 2.05) is 0 Å². The lowest BCUT2D eigenvalue weighted by Crippen LogP contribution is -1.98. The number of furan rings is 1. The van der Waals surface area contributed by atoms with E-state index in [-0.39, 0.29) is 16.8 Å². The Morgan fingerprint density at radius 1 is 1.13 bits per heavy atom. The molecule has 0 radical (unpaired) electrons. The Morgan fingerprint density at radius 2 is 1.80 bits per heavy atom. The van der Waals surface area contributed by atoms with E-state index < -0.39 is 0 Å². The number of hydrogen-bond donors (Lipinski definition) is 0. The molecule has 1 heterocycles. The van der Waals surface area contributed by atoms with Crippen LogP contribution in [0.25, 0.3) is 0 Å². The Hall–Kier alpha value is -1.06. The van der Waals surface area contributed by atoms with Gasteiger partial charge < -0.3 is 4.42 Å². The number of rotatable bonds is 2. The third-order valence-corrected chi connectivity index (χ3v) is 2.64. The molecule has 0 aliphatic carbocycles. The first-order valence-corrected chi connectivity index (χ1v) is 5.39. The van der Waals surface area contributed by atoms with E-state index in [2.05, 4.69) is 15.9 Å².